The molecule has 0 radical (unpaired) electrons. The predicted octanol–water partition coefficient (Wildman–Crippen LogP) is 1.53. The number of methoxy groups -OCH3 is 1. The van der Waals surface area contributed by atoms with Crippen molar-refractivity contribution in [2.45, 2.75) is 13.0 Å². The normalized spacial score (nSPS) is 11.6. The molecule has 1 aromatic heterocycles. The number of nitrogens with two attached hydrogens (primary N) is 1. The van der Waals surface area contributed by atoms with Crippen molar-refractivity contribution in [1.29, 1.82) is 0 Å². The number of pyridine rings is 1. The Morgan fingerprint density at radius 3 is 2.50 bits per heavy atom. The fourth-order valence-corrected chi connectivity index (χ4v) is 0.782. The monoisotopic (exact) mass is 188 g/mol. The van der Waals surface area contributed by atoms with Crippen LogP contribution in [-0.4, -0.2) is 12.1 Å². The lowest BCUT2D eigenvalue weighted by molar-refractivity contribution is 0.412. The zero-order chi connectivity index (χ0) is 8.27. The molecule has 0 fully saturated rings. The van der Waals surface area contributed by atoms with E-state index in [2.05, 4.69) is 4.98 Å². The van der Waals surface area contributed by atoms with Crippen molar-refractivity contribution in [3.63, 3.8) is 0 Å². The highest BCUT2D eigenvalue weighted by Gasteiger charge is 1.99. The summed E-state index contributed by atoms with van der Waals surface area (Å²) in [6.07, 6.45) is 1.67. The highest BCUT2D eigenvalue weighted by Crippen LogP contribution is 2.11. The molecule has 0 saturated heterocycles. The van der Waals surface area contributed by atoms with E-state index < -0.39 is 0 Å². The number of rotatable bonds is 2. The topological polar surface area (TPSA) is 48.1 Å². The van der Waals surface area contributed by atoms with Gasteiger partial charge in [-0.15, -0.1) is 12.4 Å². The number of hydrogen-bond acceptors (Lipinski definition) is 3. The van der Waals surface area contributed by atoms with Gasteiger partial charge in [-0.1, -0.05) is 0 Å². The van der Waals surface area contributed by atoms with Crippen molar-refractivity contribution in [3.8, 4) is 5.75 Å². The molecule has 1 atom stereocenters. The minimum Gasteiger partial charge on any atom is -0.495 e. The van der Waals surface area contributed by atoms with Crippen LogP contribution in [0.5, 0.6) is 5.75 Å². The minimum atomic E-state index is -0.0130. The van der Waals surface area contributed by atoms with Crippen molar-refractivity contribution in [1.82, 2.24) is 4.98 Å². The summed E-state index contributed by atoms with van der Waals surface area (Å²) >= 11 is 0. The molecule has 0 aliphatic carbocycles. The second-order valence-corrected chi connectivity index (χ2v) is 2.41. The van der Waals surface area contributed by atoms with Crippen molar-refractivity contribution >= 4 is 12.4 Å². The van der Waals surface area contributed by atoms with E-state index in [9.17, 15) is 0 Å². The fourth-order valence-electron chi connectivity index (χ4n) is 0.782. The van der Waals surface area contributed by atoms with Crippen LogP contribution in [0.3, 0.4) is 0 Å². The molecule has 0 aliphatic rings. The van der Waals surface area contributed by atoms with Crippen molar-refractivity contribution in [3.05, 3.63) is 24.0 Å². The number of hydrogen-bond donors (Lipinski definition) is 1. The molecular formula is C8H13ClN2O. The third-order valence-corrected chi connectivity index (χ3v) is 1.46. The van der Waals surface area contributed by atoms with Crippen LogP contribution < -0.4 is 10.5 Å². The highest BCUT2D eigenvalue weighted by molar-refractivity contribution is 5.85. The summed E-state index contributed by atoms with van der Waals surface area (Å²) in [7, 11) is 1.61. The molecule has 0 spiro atoms. The van der Waals surface area contributed by atoms with E-state index in [0.29, 0.717) is 0 Å². The smallest absolute Gasteiger partial charge is 0.137 e. The molecule has 1 rings (SSSR count). The lowest BCUT2D eigenvalue weighted by atomic mass is 10.2. The third-order valence-electron chi connectivity index (χ3n) is 1.46. The van der Waals surface area contributed by atoms with E-state index in [0.717, 1.165) is 11.4 Å². The van der Waals surface area contributed by atoms with E-state index in [1.165, 1.54) is 0 Å². The predicted molar refractivity (Wildman–Crippen MR) is 50.6 cm³/mol. The molecule has 4 heteroatoms. The van der Waals surface area contributed by atoms with Gasteiger partial charge in [0.15, 0.2) is 0 Å². The van der Waals surface area contributed by atoms with Gasteiger partial charge in [0.05, 0.1) is 19.0 Å². The van der Waals surface area contributed by atoms with Gasteiger partial charge in [0.2, 0.25) is 0 Å². The second-order valence-electron chi connectivity index (χ2n) is 2.41. The Morgan fingerprint density at radius 2 is 2.17 bits per heavy atom. The maximum Gasteiger partial charge on any atom is 0.137 e. The Kier molecular flexibility index (Phi) is 4.62. The van der Waals surface area contributed by atoms with E-state index in [1.807, 2.05) is 19.1 Å². The Morgan fingerprint density at radius 1 is 1.50 bits per heavy atom. The van der Waals surface area contributed by atoms with Gasteiger partial charge in [-0.2, -0.15) is 0 Å². The summed E-state index contributed by atoms with van der Waals surface area (Å²) < 4.78 is 4.95. The molecule has 0 aromatic carbocycles. The van der Waals surface area contributed by atoms with Crippen molar-refractivity contribution < 1.29 is 4.74 Å². The summed E-state index contributed by atoms with van der Waals surface area (Å²) in [6.45, 7) is 1.90. The van der Waals surface area contributed by atoms with Crippen LogP contribution in [-0.2, 0) is 0 Å². The van der Waals surface area contributed by atoms with Gasteiger partial charge in [-0.3, -0.25) is 4.98 Å². The number of halogens is 1. The maximum absolute atomic E-state index is 5.60. The minimum absolute atomic E-state index is 0. The Balaban J connectivity index is 0.00000121. The molecule has 0 aliphatic heterocycles. The summed E-state index contributed by atoms with van der Waals surface area (Å²) in [6, 6.07) is 3.70. The maximum atomic E-state index is 5.60. The van der Waals surface area contributed by atoms with Gasteiger partial charge in [0.25, 0.3) is 0 Å². The first-order valence-electron chi connectivity index (χ1n) is 3.49. The largest absolute Gasteiger partial charge is 0.495 e. The average Bonchev–Trinajstić information content (AvgIpc) is 2.05. The van der Waals surface area contributed by atoms with Gasteiger partial charge in [0, 0.05) is 6.04 Å². The van der Waals surface area contributed by atoms with Crippen LogP contribution in [0.25, 0.3) is 0 Å². The Labute approximate surface area is 78.4 Å². The highest BCUT2D eigenvalue weighted by atomic mass is 35.5. The lowest BCUT2D eigenvalue weighted by Gasteiger charge is -2.04. The Bertz CT molecular complexity index is 223. The zero-order valence-electron chi connectivity index (χ0n) is 7.15. The van der Waals surface area contributed by atoms with E-state index in [4.69, 9.17) is 10.5 Å². The van der Waals surface area contributed by atoms with E-state index in [-0.39, 0.29) is 18.4 Å². The first-order chi connectivity index (χ1) is 5.24. The van der Waals surface area contributed by atoms with Crippen LogP contribution in [0.4, 0.5) is 0 Å². The van der Waals surface area contributed by atoms with Gasteiger partial charge >= 0.3 is 0 Å². The van der Waals surface area contributed by atoms with Crippen LogP contribution in [0, 0.1) is 0 Å². The quantitative estimate of drug-likeness (QED) is 0.766. The van der Waals surface area contributed by atoms with Gasteiger partial charge in [-0.05, 0) is 19.1 Å². The molecule has 0 amide bonds. The average molecular weight is 189 g/mol. The SMILES string of the molecule is COc1ccc([C@@H](C)N)nc1.Cl. The fraction of sp³-hybridized carbons (Fsp3) is 0.375. The number of nitrogens with zero attached hydrogens (tertiary/aromatic N) is 1. The molecule has 0 saturated carbocycles. The van der Waals surface area contributed by atoms with Gasteiger partial charge in [0.1, 0.15) is 5.75 Å². The molecule has 12 heavy (non-hydrogen) atoms. The molecule has 2 N–H and O–H groups in total. The molecular weight excluding hydrogens is 176 g/mol. The van der Waals surface area contributed by atoms with Crippen LogP contribution >= 0.6 is 12.4 Å². The summed E-state index contributed by atoms with van der Waals surface area (Å²) in [5.74, 6) is 0.759. The van der Waals surface area contributed by atoms with Crippen LogP contribution in [0.15, 0.2) is 18.3 Å². The molecule has 68 valence electrons. The Hall–Kier alpha value is -0.800. The molecule has 1 aromatic rings. The second kappa shape index (κ2) is 4.95. The molecule has 3 nitrogen and oxygen atoms in total. The van der Waals surface area contributed by atoms with Crippen molar-refractivity contribution in [2.24, 2.45) is 5.73 Å². The molecule has 1 heterocycles. The van der Waals surface area contributed by atoms with Gasteiger partial charge < -0.3 is 10.5 Å². The van der Waals surface area contributed by atoms with E-state index >= 15 is 0 Å². The van der Waals surface area contributed by atoms with Crippen LogP contribution in [0.1, 0.15) is 18.7 Å². The third kappa shape index (κ3) is 2.68. The number of aromatic nitrogens is 1. The first kappa shape index (κ1) is 11.2. The van der Waals surface area contributed by atoms with Crippen LogP contribution in [0.2, 0.25) is 0 Å². The van der Waals surface area contributed by atoms with Gasteiger partial charge in [-0.25, -0.2) is 0 Å². The van der Waals surface area contributed by atoms with Crippen molar-refractivity contribution in [2.75, 3.05) is 7.11 Å². The standard InChI is InChI=1S/C8H12N2O.ClH/c1-6(9)8-4-3-7(11-2)5-10-8;/h3-6H,9H2,1-2H3;1H/t6-;/m1./s1. The lowest BCUT2D eigenvalue weighted by Crippen LogP contribution is -2.06. The number of ether oxygens (including phenoxy) is 1. The molecule has 0 unspecified atom stereocenters. The summed E-state index contributed by atoms with van der Waals surface area (Å²) in [4.78, 5) is 4.10. The summed E-state index contributed by atoms with van der Waals surface area (Å²) in [5.41, 5.74) is 6.48. The zero-order valence-corrected chi connectivity index (χ0v) is 7.97. The first-order valence-corrected chi connectivity index (χ1v) is 3.49. The molecule has 0 bridgehead atoms. The summed E-state index contributed by atoms with van der Waals surface area (Å²) in [5, 5.41) is 0. The van der Waals surface area contributed by atoms with E-state index in [1.54, 1.807) is 13.3 Å².